The van der Waals surface area contributed by atoms with E-state index < -0.39 is 17.3 Å². The van der Waals surface area contributed by atoms with E-state index in [1.54, 1.807) is 18.3 Å². The predicted molar refractivity (Wildman–Crippen MR) is 125 cm³/mol. The van der Waals surface area contributed by atoms with E-state index in [9.17, 15) is 9.90 Å². The standard InChI is InChI=1S/C25H21FN4O4/c1-25(2)12-29(16-8-6-14(7-9-16)24(31)32)22-18(10-15-11-27-28-21(15)20(22)26)30(25)17-4-3-5-19-23(17)34-13-33-19/h3-11H,12-13H2,1-2H3,(H,27,28)(H,31,32). The molecular formula is C25H21FN4O4. The Morgan fingerprint density at radius 2 is 1.94 bits per heavy atom. The average molecular weight is 460 g/mol. The van der Waals surface area contributed by atoms with Crippen LogP contribution in [0.15, 0.2) is 54.7 Å². The van der Waals surface area contributed by atoms with Crippen LogP contribution in [-0.4, -0.2) is 40.1 Å². The number of carboxylic acid groups (broad SMARTS) is 1. The number of nitrogens with zero attached hydrogens (tertiary/aromatic N) is 3. The highest BCUT2D eigenvalue weighted by molar-refractivity contribution is 5.97. The van der Waals surface area contributed by atoms with E-state index in [1.807, 2.05) is 29.2 Å². The van der Waals surface area contributed by atoms with Gasteiger partial charge in [-0.25, -0.2) is 9.18 Å². The summed E-state index contributed by atoms with van der Waals surface area (Å²) in [6, 6.07) is 14.0. The van der Waals surface area contributed by atoms with Gasteiger partial charge in [-0.2, -0.15) is 5.10 Å². The molecule has 34 heavy (non-hydrogen) atoms. The first-order chi connectivity index (χ1) is 16.3. The first kappa shape index (κ1) is 20.3. The van der Waals surface area contributed by atoms with Gasteiger partial charge < -0.3 is 24.4 Å². The van der Waals surface area contributed by atoms with Crippen LogP contribution in [-0.2, 0) is 0 Å². The molecular weight excluding hydrogens is 439 g/mol. The average Bonchev–Trinajstić information content (AvgIpc) is 3.48. The van der Waals surface area contributed by atoms with Crippen molar-refractivity contribution in [3.63, 3.8) is 0 Å². The molecule has 0 radical (unpaired) electrons. The smallest absolute Gasteiger partial charge is 0.335 e. The normalized spacial score (nSPS) is 16.1. The van der Waals surface area contributed by atoms with Crippen LogP contribution in [0.2, 0.25) is 0 Å². The minimum atomic E-state index is -1.01. The van der Waals surface area contributed by atoms with E-state index >= 15 is 4.39 Å². The van der Waals surface area contributed by atoms with Gasteiger partial charge in [0.2, 0.25) is 6.79 Å². The van der Waals surface area contributed by atoms with Gasteiger partial charge in [-0.15, -0.1) is 0 Å². The quantitative estimate of drug-likeness (QED) is 0.434. The van der Waals surface area contributed by atoms with Crippen molar-refractivity contribution in [3.05, 3.63) is 66.1 Å². The van der Waals surface area contributed by atoms with E-state index in [2.05, 4.69) is 28.9 Å². The van der Waals surface area contributed by atoms with Crippen molar-refractivity contribution in [2.75, 3.05) is 23.1 Å². The minimum absolute atomic E-state index is 0.130. The van der Waals surface area contributed by atoms with Crippen molar-refractivity contribution in [1.82, 2.24) is 10.2 Å². The van der Waals surface area contributed by atoms with Gasteiger partial charge in [-0.05, 0) is 56.3 Å². The maximum Gasteiger partial charge on any atom is 0.335 e. The first-order valence-electron chi connectivity index (χ1n) is 10.8. The largest absolute Gasteiger partial charge is 0.478 e. The second-order valence-corrected chi connectivity index (χ2v) is 8.99. The zero-order valence-electron chi connectivity index (χ0n) is 18.5. The number of benzene rings is 3. The number of H-pyrrole nitrogens is 1. The van der Waals surface area contributed by atoms with E-state index in [1.165, 1.54) is 12.1 Å². The number of hydrogen-bond acceptors (Lipinski definition) is 6. The highest BCUT2D eigenvalue weighted by atomic mass is 19.1. The summed E-state index contributed by atoms with van der Waals surface area (Å²) in [7, 11) is 0. The molecule has 0 spiro atoms. The van der Waals surface area contributed by atoms with Gasteiger partial charge in [-0.3, -0.25) is 5.10 Å². The zero-order valence-corrected chi connectivity index (χ0v) is 18.5. The zero-order chi connectivity index (χ0) is 23.6. The Kier molecular flexibility index (Phi) is 4.26. The van der Waals surface area contributed by atoms with Crippen molar-refractivity contribution in [1.29, 1.82) is 0 Å². The first-order valence-corrected chi connectivity index (χ1v) is 10.8. The van der Waals surface area contributed by atoms with E-state index in [4.69, 9.17) is 9.47 Å². The van der Waals surface area contributed by atoms with Crippen molar-refractivity contribution < 1.29 is 23.8 Å². The lowest BCUT2D eigenvalue weighted by atomic mass is 9.93. The van der Waals surface area contributed by atoms with Crippen LogP contribution in [0.25, 0.3) is 10.9 Å². The van der Waals surface area contributed by atoms with Gasteiger partial charge in [0.25, 0.3) is 0 Å². The Hall–Kier alpha value is -4.27. The van der Waals surface area contributed by atoms with Crippen LogP contribution in [0.4, 0.5) is 27.1 Å². The van der Waals surface area contributed by atoms with Crippen LogP contribution in [0, 0.1) is 5.82 Å². The van der Waals surface area contributed by atoms with Gasteiger partial charge in [-0.1, -0.05) is 6.07 Å². The monoisotopic (exact) mass is 460 g/mol. The number of aromatic nitrogens is 2. The molecule has 2 aliphatic heterocycles. The molecule has 0 amide bonds. The Morgan fingerprint density at radius 1 is 1.15 bits per heavy atom. The summed E-state index contributed by atoms with van der Waals surface area (Å²) >= 11 is 0. The van der Waals surface area contributed by atoms with Crippen molar-refractivity contribution >= 4 is 39.6 Å². The third-order valence-corrected chi connectivity index (χ3v) is 6.33. The number of para-hydroxylation sites is 1. The Labute approximate surface area is 194 Å². The van der Waals surface area contributed by atoms with Crippen LogP contribution < -0.4 is 19.3 Å². The van der Waals surface area contributed by atoms with E-state index in [-0.39, 0.29) is 12.4 Å². The summed E-state index contributed by atoms with van der Waals surface area (Å²) in [4.78, 5) is 15.3. The molecule has 0 unspecified atom stereocenters. The lowest BCUT2D eigenvalue weighted by molar-refractivity contribution is 0.0697. The molecule has 0 atom stereocenters. The molecule has 0 aliphatic carbocycles. The van der Waals surface area contributed by atoms with Gasteiger partial charge in [0, 0.05) is 17.6 Å². The SMILES string of the molecule is CC1(C)CN(c2ccc(C(=O)O)cc2)c2c(cc3cn[nH]c3c2F)N1c1cccc2c1OCO2. The molecule has 172 valence electrons. The number of anilines is 4. The third kappa shape index (κ3) is 2.89. The molecule has 4 aromatic rings. The van der Waals surface area contributed by atoms with Crippen molar-refractivity contribution in [2.24, 2.45) is 0 Å². The van der Waals surface area contributed by atoms with Crippen LogP contribution >= 0.6 is 0 Å². The number of ether oxygens (including phenoxy) is 2. The van der Waals surface area contributed by atoms with Gasteiger partial charge in [0.1, 0.15) is 11.2 Å². The summed E-state index contributed by atoms with van der Waals surface area (Å²) in [5.41, 5.74) is 2.46. The summed E-state index contributed by atoms with van der Waals surface area (Å²) in [6.45, 7) is 4.70. The lowest BCUT2D eigenvalue weighted by Gasteiger charge is -2.50. The number of fused-ring (bicyclic) bond motifs is 3. The molecule has 9 heteroatoms. The molecule has 0 fully saturated rings. The summed E-state index contributed by atoms with van der Waals surface area (Å²) < 4.78 is 27.4. The number of nitrogens with one attached hydrogen (secondary N) is 1. The molecule has 1 aromatic heterocycles. The van der Waals surface area contributed by atoms with Gasteiger partial charge in [0.05, 0.1) is 28.7 Å². The van der Waals surface area contributed by atoms with Crippen LogP contribution in [0.5, 0.6) is 11.5 Å². The highest BCUT2D eigenvalue weighted by Crippen LogP contribution is 2.53. The van der Waals surface area contributed by atoms with Crippen LogP contribution in [0.1, 0.15) is 24.2 Å². The summed E-state index contributed by atoms with van der Waals surface area (Å²) in [5, 5.41) is 16.7. The summed E-state index contributed by atoms with van der Waals surface area (Å²) in [6.07, 6.45) is 1.60. The molecule has 8 nitrogen and oxygen atoms in total. The maximum absolute atomic E-state index is 16.1. The Morgan fingerprint density at radius 3 is 2.71 bits per heavy atom. The number of rotatable bonds is 3. The molecule has 6 rings (SSSR count). The second-order valence-electron chi connectivity index (χ2n) is 8.99. The molecule has 0 saturated heterocycles. The van der Waals surface area contributed by atoms with Gasteiger partial charge in [0.15, 0.2) is 17.3 Å². The van der Waals surface area contributed by atoms with Crippen molar-refractivity contribution in [2.45, 2.75) is 19.4 Å². The van der Waals surface area contributed by atoms with E-state index in [0.29, 0.717) is 46.0 Å². The fourth-order valence-corrected chi connectivity index (χ4v) is 4.87. The van der Waals surface area contributed by atoms with Gasteiger partial charge >= 0.3 is 5.97 Å². The molecule has 2 N–H and O–H groups in total. The van der Waals surface area contributed by atoms with Crippen molar-refractivity contribution in [3.8, 4) is 11.5 Å². The third-order valence-electron chi connectivity index (χ3n) is 6.33. The number of aromatic carboxylic acids is 1. The topological polar surface area (TPSA) is 90.9 Å². The number of hydrogen-bond donors (Lipinski definition) is 2. The minimum Gasteiger partial charge on any atom is -0.478 e. The number of halogens is 1. The Bertz CT molecular complexity index is 1450. The molecule has 3 aromatic carbocycles. The summed E-state index contributed by atoms with van der Waals surface area (Å²) in [5.74, 6) is -0.181. The fourth-order valence-electron chi connectivity index (χ4n) is 4.87. The second kappa shape index (κ2) is 7.11. The van der Waals surface area contributed by atoms with E-state index in [0.717, 1.165) is 5.69 Å². The maximum atomic E-state index is 16.1. The predicted octanol–water partition coefficient (Wildman–Crippen LogP) is 5.20. The van der Waals surface area contributed by atoms with Crippen LogP contribution in [0.3, 0.4) is 0 Å². The molecule has 0 bridgehead atoms. The highest BCUT2D eigenvalue weighted by Gasteiger charge is 2.42. The lowest BCUT2D eigenvalue weighted by Crippen LogP contribution is -2.53. The molecule has 0 saturated carbocycles. The molecule has 3 heterocycles. The number of carbonyl (C=O) groups is 1. The molecule has 2 aliphatic rings. The number of carboxylic acids is 1. The number of aromatic amines is 1. The Balaban J connectivity index is 1.60. The fraction of sp³-hybridized carbons (Fsp3) is 0.200.